The van der Waals surface area contributed by atoms with Gasteiger partial charge in [0.05, 0.1) is 0 Å². The summed E-state index contributed by atoms with van der Waals surface area (Å²) in [5.41, 5.74) is 1.15. The van der Waals surface area contributed by atoms with Gasteiger partial charge >= 0.3 is 0 Å². The molecule has 0 spiro atoms. The first-order valence-electron chi connectivity index (χ1n) is 7.52. The minimum absolute atomic E-state index is 0.149. The second-order valence-corrected chi connectivity index (χ2v) is 6.15. The first-order chi connectivity index (χ1) is 9.22. The van der Waals surface area contributed by atoms with Crippen molar-refractivity contribution in [3.8, 4) is 0 Å². The summed E-state index contributed by atoms with van der Waals surface area (Å²) >= 11 is 0. The third-order valence-electron chi connectivity index (χ3n) is 4.47. The zero-order valence-corrected chi connectivity index (χ0v) is 11.7. The lowest BCUT2D eigenvalue weighted by Crippen LogP contribution is -2.32. The summed E-state index contributed by atoms with van der Waals surface area (Å²) in [5, 5.41) is 3.39. The molecule has 0 aliphatic carbocycles. The smallest absolute Gasteiger partial charge is 0.253 e. The highest BCUT2D eigenvalue weighted by atomic mass is 16.1. The molecule has 0 amide bonds. The molecular weight excluding hydrogens is 238 g/mol. The van der Waals surface area contributed by atoms with Crippen LogP contribution in [0.15, 0.2) is 10.9 Å². The van der Waals surface area contributed by atoms with Crippen molar-refractivity contribution in [1.82, 2.24) is 14.9 Å². The van der Waals surface area contributed by atoms with Crippen molar-refractivity contribution in [1.29, 1.82) is 0 Å². The SMILES string of the molecule is CC1CCc2nc(CCC3CCNC3)cc(=O)n2C1. The van der Waals surface area contributed by atoms with Gasteiger partial charge in [0.2, 0.25) is 0 Å². The topological polar surface area (TPSA) is 46.9 Å². The van der Waals surface area contributed by atoms with Crippen molar-refractivity contribution >= 4 is 0 Å². The molecule has 1 aromatic rings. The largest absolute Gasteiger partial charge is 0.316 e. The highest BCUT2D eigenvalue weighted by Gasteiger charge is 2.19. The summed E-state index contributed by atoms with van der Waals surface area (Å²) in [6.07, 6.45) is 5.48. The third-order valence-corrected chi connectivity index (χ3v) is 4.47. The number of aryl methyl sites for hydroxylation is 2. The highest BCUT2D eigenvalue weighted by molar-refractivity contribution is 5.07. The summed E-state index contributed by atoms with van der Waals surface area (Å²) < 4.78 is 1.87. The van der Waals surface area contributed by atoms with Crippen LogP contribution in [-0.2, 0) is 19.4 Å². The van der Waals surface area contributed by atoms with E-state index in [0.29, 0.717) is 5.92 Å². The molecule has 19 heavy (non-hydrogen) atoms. The van der Waals surface area contributed by atoms with Gasteiger partial charge in [-0.3, -0.25) is 9.36 Å². The van der Waals surface area contributed by atoms with Gasteiger partial charge in [-0.15, -0.1) is 0 Å². The average Bonchev–Trinajstić information content (AvgIpc) is 2.90. The first-order valence-corrected chi connectivity index (χ1v) is 7.52. The van der Waals surface area contributed by atoms with E-state index in [2.05, 4.69) is 12.2 Å². The fraction of sp³-hybridized carbons (Fsp3) is 0.733. The van der Waals surface area contributed by atoms with Gasteiger partial charge in [-0.05, 0) is 50.6 Å². The van der Waals surface area contributed by atoms with Crippen LogP contribution in [0.3, 0.4) is 0 Å². The summed E-state index contributed by atoms with van der Waals surface area (Å²) in [6, 6.07) is 1.75. The van der Waals surface area contributed by atoms with Crippen LogP contribution >= 0.6 is 0 Å². The molecule has 0 radical (unpaired) electrons. The lowest BCUT2D eigenvalue weighted by Gasteiger charge is -2.23. The quantitative estimate of drug-likeness (QED) is 0.894. The Balaban J connectivity index is 1.72. The van der Waals surface area contributed by atoms with Crippen molar-refractivity contribution in [2.24, 2.45) is 11.8 Å². The van der Waals surface area contributed by atoms with Crippen molar-refractivity contribution < 1.29 is 0 Å². The number of fused-ring (bicyclic) bond motifs is 1. The molecule has 2 aliphatic heterocycles. The molecule has 1 saturated heterocycles. The predicted octanol–water partition coefficient (Wildman–Crippen LogP) is 1.37. The van der Waals surface area contributed by atoms with E-state index in [1.54, 1.807) is 6.07 Å². The summed E-state index contributed by atoms with van der Waals surface area (Å²) in [7, 11) is 0. The Labute approximate surface area is 114 Å². The summed E-state index contributed by atoms with van der Waals surface area (Å²) in [4.78, 5) is 16.8. The highest BCUT2D eigenvalue weighted by Crippen LogP contribution is 2.18. The van der Waals surface area contributed by atoms with E-state index in [9.17, 15) is 4.79 Å². The fourth-order valence-corrected chi connectivity index (χ4v) is 3.21. The third kappa shape index (κ3) is 2.89. The maximum absolute atomic E-state index is 12.1. The van der Waals surface area contributed by atoms with Gasteiger partial charge in [-0.2, -0.15) is 0 Å². The Kier molecular flexibility index (Phi) is 3.69. The van der Waals surface area contributed by atoms with Crippen LogP contribution in [0.2, 0.25) is 0 Å². The molecule has 0 bridgehead atoms. The maximum atomic E-state index is 12.1. The van der Waals surface area contributed by atoms with Gasteiger partial charge in [0, 0.05) is 24.7 Å². The molecule has 3 rings (SSSR count). The van der Waals surface area contributed by atoms with Crippen LogP contribution < -0.4 is 10.9 Å². The number of nitrogens with one attached hydrogen (secondary N) is 1. The van der Waals surface area contributed by atoms with E-state index >= 15 is 0 Å². The molecule has 4 heteroatoms. The minimum Gasteiger partial charge on any atom is -0.316 e. The molecule has 2 aliphatic rings. The predicted molar refractivity (Wildman–Crippen MR) is 75.3 cm³/mol. The molecule has 0 saturated carbocycles. The van der Waals surface area contributed by atoms with Crippen LogP contribution in [0.1, 0.15) is 37.7 Å². The molecule has 0 aromatic carbocycles. The average molecular weight is 261 g/mol. The molecule has 104 valence electrons. The molecule has 3 heterocycles. The van der Waals surface area contributed by atoms with Crippen molar-refractivity contribution in [3.05, 3.63) is 27.9 Å². The van der Waals surface area contributed by atoms with Crippen LogP contribution in [-0.4, -0.2) is 22.6 Å². The van der Waals surface area contributed by atoms with Gasteiger partial charge in [0.1, 0.15) is 5.82 Å². The zero-order valence-electron chi connectivity index (χ0n) is 11.7. The van der Waals surface area contributed by atoms with Crippen molar-refractivity contribution in [2.75, 3.05) is 13.1 Å². The normalized spacial score (nSPS) is 26.4. The van der Waals surface area contributed by atoms with Crippen molar-refractivity contribution in [3.63, 3.8) is 0 Å². The Bertz CT molecular complexity index is 503. The summed E-state index contributed by atoms with van der Waals surface area (Å²) in [6.45, 7) is 5.31. The lowest BCUT2D eigenvalue weighted by atomic mass is 9.99. The first kappa shape index (κ1) is 12.9. The van der Waals surface area contributed by atoms with E-state index in [1.807, 2.05) is 4.57 Å². The van der Waals surface area contributed by atoms with Gasteiger partial charge < -0.3 is 5.32 Å². The van der Waals surface area contributed by atoms with Gasteiger partial charge in [0.15, 0.2) is 0 Å². The van der Waals surface area contributed by atoms with Crippen LogP contribution in [0.25, 0.3) is 0 Å². The Morgan fingerprint density at radius 2 is 2.37 bits per heavy atom. The van der Waals surface area contributed by atoms with Gasteiger partial charge in [-0.1, -0.05) is 6.92 Å². The number of aromatic nitrogens is 2. The standard InChI is InChI=1S/C15H23N3O/c1-11-2-5-14-17-13(8-15(19)18(14)10-11)4-3-12-6-7-16-9-12/h8,11-12,16H,2-7,9-10H2,1H3. The Morgan fingerprint density at radius 1 is 1.47 bits per heavy atom. The lowest BCUT2D eigenvalue weighted by molar-refractivity contribution is 0.376. The second kappa shape index (κ2) is 5.45. The Morgan fingerprint density at radius 3 is 3.16 bits per heavy atom. The van der Waals surface area contributed by atoms with E-state index in [1.165, 1.54) is 6.42 Å². The minimum atomic E-state index is 0.149. The Hall–Kier alpha value is -1.16. The monoisotopic (exact) mass is 261 g/mol. The molecule has 2 unspecified atom stereocenters. The number of rotatable bonds is 3. The van der Waals surface area contributed by atoms with Crippen LogP contribution in [0.4, 0.5) is 0 Å². The number of nitrogens with zero attached hydrogens (tertiary/aromatic N) is 2. The van der Waals surface area contributed by atoms with E-state index < -0.39 is 0 Å². The molecular formula is C15H23N3O. The number of hydrogen-bond donors (Lipinski definition) is 1. The maximum Gasteiger partial charge on any atom is 0.253 e. The zero-order chi connectivity index (χ0) is 13.2. The molecule has 4 nitrogen and oxygen atoms in total. The van der Waals surface area contributed by atoms with Gasteiger partial charge in [0.25, 0.3) is 5.56 Å². The van der Waals surface area contributed by atoms with E-state index in [4.69, 9.17) is 4.98 Å². The van der Waals surface area contributed by atoms with E-state index in [-0.39, 0.29) is 5.56 Å². The molecule has 2 atom stereocenters. The van der Waals surface area contributed by atoms with Crippen LogP contribution in [0.5, 0.6) is 0 Å². The van der Waals surface area contributed by atoms with E-state index in [0.717, 1.165) is 62.8 Å². The number of hydrogen-bond acceptors (Lipinski definition) is 3. The molecule has 1 fully saturated rings. The fourth-order valence-electron chi connectivity index (χ4n) is 3.21. The molecule has 1 aromatic heterocycles. The molecule has 1 N–H and O–H groups in total. The van der Waals surface area contributed by atoms with Crippen LogP contribution in [0, 0.1) is 11.8 Å². The second-order valence-electron chi connectivity index (χ2n) is 6.15. The van der Waals surface area contributed by atoms with Gasteiger partial charge in [-0.25, -0.2) is 4.98 Å². The summed E-state index contributed by atoms with van der Waals surface area (Å²) in [5.74, 6) is 2.37. The van der Waals surface area contributed by atoms with Crippen molar-refractivity contribution in [2.45, 2.75) is 45.6 Å².